The molecule has 1 aromatic rings. The van der Waals surface area contributed by atoms with E-state index in [1.165, 1.54) is 0 Å². The molecule has 82 valence electrons. The second-order valence-corrected chi connectivity index (χ2v) is 5.28. The molecule has 0 amide bonds. The van der Waals surface area contributed by atoms with Crippen molar-refractivity contribution < 1.29 is 9.53 Å². The lowest BCUT2D eigenvalue weighted by Gasteiger charge is -2.10. The van der Waals surface area contributed by atoms with E-state index in [1.54, 1.807) is 7.11 Å². The van der Waals surface area contributed by atoms with Crippen LogP contribution >= 0.6 is 38.5 Å². The van der Waals surface area contributed by atoms with Gasteiger partial charge in [-0.05, 0) is 52.8 Å². The van der Waals surface area contributed by atoms with Crippen LogP contribution in [0.1, 0.15) is 12.5 Å². The maximum Gasteiger partial charge on any atom is 0.195 e. The average molecular weight is 383 g/mol. The summed E-state index contributed by atoms with van der Waals surface area (Å²) in [7, 11) is 1.64. The summed E-state index contributed by atoms with van der Waals surface area (Å²) < 4.78 is 6.35. The number of halogens is 2. The van der Waals surface area contributed by atoms with Crippen molar-refractivity contribution >= 4 is 42.3 Å². The SMILES string of the molecule is COc1ccc(Br)c(C[C@H](C)C(=O)I)c1. The number of hydrogen-bond acceptors (Lipinski definition) is 2. The van der Waals surface area contributed by atoms with Gasteiger partial charge in [-0.1, -0.05) is 22.9 Å². The Morgan fingerprint density at radius 3 is 2.80 bits per heavy atom. The summed E-state index contributed by atoms with van der Waals surface area (Å²) in [6.45, 7) is 1.93. The highest BCUT2D eigenvalue weighted by molar-refractivity contribution is 14.1. The number of benzene rings is 1. The molecule has 2 nitrogen and oxygen atoms in total. The number of ether oxygens (including phenoxy) is 1. The van der Waals surface area contributed by atoms with Gasteiger partial charge in [0.2, 0.25) is 0 Å². The van der Waals surface area contributed by atoms with Gasteiger partial charge in [0.25, 0.3) is 0 Å². The third kappa shape index (κ3) is 3.75. The van der Waals surface area contributed by atoms with Gasteiger partial charge in [0.15, 0.2) is 3.79 Å². The lowest BCUT2D eigenvalue weighted by molar-refractivity contribution is -0.112. The van der Waals surface area contributed by atoms with Crippen LogP contribution in [0.2, 0.25) is 0 Å². The van der Waals surface area contributed by atoms with Crippen molar-refractivity contribution in [3.8, 4) is 5.75 Å². The fourth-order valence-corrected chi connectivity index (χ4v) is 1.87. The van der Waals surface area contributed by atoms with Gasteiger partial charge in [-0.2, -0.15) is 0 Å². The number of hydrogen-bond donors (Lipinski definition) is 0. The van der Waals surface area contributed by atoms with Crippen LogP contribution in [0.15, 0.2) is 22.7 Å². The Morgan fingerprint density at radius 1 is 1.60 bits per heavy atom. The quantitative estimate of drug-likeness (QED) is 0.587. The van der Waals surface area contributed by atoms with Crippen molar-refractivity contribution in [3.63, 3.8) is 0 Å². The van der Waals surface area contributed by atoms with Crippen molar-refractivity contribution in [2.24, 2.45) is 5.92 Å². The second kappa shape index (κ2) is 5.84. The lowest BCUT2D eigenvalue weighted by Crippen LogP contribution is -2.07. The Balaban J connectivity index is 2.88. The minimum absolute atomic E-state index is 0.0361. The van der Waals surface area contributed by atoms with Crippen molar-refractivity contribution in [1.82, 2.24) is 0 Å². The van der Waals surface area contributed by atoms with Crippen molar-refractivity contribution in [2.75, 3.05) is 7.11 Å². The van der Waals surface area contributed by atoms with Crippen LogP contribution in [-0.4, -0.2) is 10.9 Å². The van der Waals surface area contributed by atoms with Crippen molar-refractivity contribution in [3.05, 3.63) is 28.2 Å². The standard InChI is InChI=1S/C11H12BrIO2/c1-7(11(13)14)5-8-6-9(15-2)3-4-10(8)12/h3-4,6-7H,5H2,1-2H3/t7-/m0/s1. The largest absolute Gasteiger partial charge is 0.497 e. The van der Waals surface area contributed by atoms with Crippen LogP contribution in [0.3, 0.4) is 0 Å². The fraction of sp³-hybridized carbons (Fsp3) is 0.364. The van der Waals surface area contributed by atoms with E-state index in [1.807, 2.05) is 47.7 Å². The van der Waals surface area contributed by atoms with Crippen LogP contribution in [0.4, 0.5) is 0 Å². The van der Waals surface area contributed by atoms with Gasteiger partial charge in [-0.3, -0.25) is 4.79 Å². The Hall–Kier alpha value is -0.100. The highest BCUT2D eigenvalue weighted by atomic mass is 127. The lowest BCUT2D eigenvalue weighted by atomic mass is 10.0. The molecular weight excluding hydrogens is 371 g/mol. The average Bonchev–Trinajstić information content (AvgIpc) is 2.21. The molecule has 4 heteroatoms. The summed E-state index contributed by atoms with van der Waals surface area (Å²) in [5.74, 6) is 0.857. The van der Waals surface area contributed by atoms with Gasteiger partial charge in [-0.25, -0.2) is 0 Å². The molecular formula is C11H12BrIO2. The van der Waals surface area contributed by atoms with Gasteiger partial charge in [0.1, 0.15) is 5.75 Å². The van der Waals surface area contributed by atoms with Crippen LogP contribution in [0, 0.1) is 5.92 Å². The Bertz CT molecular complexity index is 366. The first-order valence-corrected chi connectivity index (χ1v) is 6.43. The molecule has 0 aliphatic rings. The Morgan fingerprint density at radius 2 is 2.27 bits per heavy atom. The summed E-state index contributed by atoms with van der Waals surface area (Å²) in [5.41, 5.74) is 1.10. The summed E-state index contributed by atoms with van der Waals surface area (Å²) in [5, 5.41) is 0. The maximum absolute atomic E-state index is 11.2. The molecule has 0 saturated carbocycles. The van der Waals surface area contributed by atoms with E-state index in [0.29, 0.717) is 0 Å². The van der Waals surface area contributed by atoms with Crippen LogP contribution in [-0.2, 0) is 11.2 Å². The van der Waals surface area contributed by atoms with Crippen LogP contribution < -0.4 is 4.74 Å². The molecule has 15 heavy (non-hydrogen) atoms. The van der Waals surface area contributed by atoms with Gasteiger partial charge < -0.3 is 4.74 Å². The normalized spacial score (nSPS) is 12.3. The predicted molar refractivity (Wildman–Crippen MR) is 72.6 cm³/mol. The molecule has 0 heterocycles. The minimum atomic E-state index is 0.0361. The van der Waals surface area contributed by atoms with Crippen molar-refractivity contribution in [2.45, 2.75) is 13.3 Å². The van der Waals surface area contributed by atoms with Crippen LogP contribution in [0.25, 0.3) is 0 Å². The van der Waals surface area contributed by atoms with E-state index >= 15 is 0 Å². The maximum atomic E-state index is 11.2. The number of carbonyl (C=O) groups is 1. The first-order chi connectivity index (χ1) is 7.04. The topological polar surface area (TPSA) is 26.3 Å². The molecule has 0 bridgehead atoms. The van der Waals surface area contributed by atoms with E-state index in [2.05, 4.69) is 15.9 Å². The molecule has 0 aliphatic heterocycles. The highest BCUT2D eigenvalue weighted by Crippen LogP contribution is 2.25. The summed E-state index contributed by atoms with van der Waals surface area (Å²) in [4.78, 5) is 11.2. The Labute approximate surface area is 112 Å². The monoisotopic (exact) mass is 382 g/mol. The molecule has 0 N–H and O–H groups in total. The first kappa shape index (κ1) is 13.0. The molecule has 0 unspecified atom stereocenters. The summed E-state index contributed by atoms with van der Waals surface area (Å²) in [6.07, 6.45) is 0.736. The van der Waals surface area contributed by atoms with Crippen LogP contribution in [0.5, 0.6) is 5.75 Å². The number of methoxy groups -OCH3 is 1. The summed E-state index contributed by atoms with van der Waals surface area (Å²) in [6, 6.07) is 5.79. The van der Waals surface area contributed by atoms with E-state index in [-0.39, 0.29) is 9.71 Å². The molecule has 0 fully saturated rings. The predicted octanol–water partition coefficient (Wildman–Crippen LogP) is 3.60. The van der Waals surface area contributed by atoms with Gasteiger partial charge in [0, 0.05) is 10.4 Å². The zero-order valence-corrected chi connectivity index (χ0v) is 12.3. The van der Waals surface area contributed by atoms with Gasteiger partial charge in [-0.15, -0.1) is 0 Å². The zero-order chi connectivity index (χ0) is 11.4. The third-order valence-corrected chi connectivity index (χ3v) is 4.00. The second-order valence-electron chi connectivity index (χ2n) is 3.37. The zero-order valence-electron chi connectivity index (χ0n) is 8.59. The number of rotatable bonds is 4. The molecule has 0 spiro atoms. The number of carbonyl (C=O) groups excluding carboxylic acids is 1. The fourth-order valence-electron chi connectivity index (χ4n) is 1.24. The van der Waals surface area contributed by atoms with Gasteiger partial charge >= 0.3 is 0 Å². The van der Waals surface area contributed by atoms with E-state index in [4.69, 9.17) is 4.74 Å². The first-order valence-electron chi connectivity index (χ1n) is 4.56. The van der Waals surface area contributed by atoms with E-state index < -0.39 is 0 Å². The Kier molecular flexibility index (Phi) is 5.05. The smallest absolute Gasteiger partial charge is 0.195 e. The molecule has 0 saturated heterocycles. The molecule has 1 atom stereocenters. The van der Waals surface area contributed by atoms with E-state index in [9.17, 15) is 4.79 Å². The molecule has 0 aromatic heterocycles. The highest BCUT2D eigenvalue weighted by Gasteiger charge is 2.12. The molecule has 0 aliphatic carbocycles. The summed E-state index contributed by atoms with van der Waals surface area (Å²) >= 11 is 5.31. The minimum Gasteiger partial charge on any atom is -0.497 e. The molecule has 0 radical (unpaired) electrons. The molecule has 1 rings (SSSR count). The molecule has 1 aromatic carbocycles. The van der Waals surface area contributed by atoms with Gasteiger partial charge in [0.05, 0.1) is 7.11 Å². The van der Waals surface area contributed by atoms with E-state index in [0.717, 1.165) is 22.2 Å². The van der Waals surface area contributed by atoms with Crippen molar-refractivity contribution in [1.29, 1.82) is 0 Å². The third-order valence-electron chi connectivity index (χ3n) is 2.17.